The smallest absolute Gasteiger partial charge is 0.253 e. The summed E-state index contributed by atoms with van der Waals surface area (Å²) in [6, 6.07) is 12.6. The van der Waals surface area contributed by atoms with Gasteiger partial charge in [-0.15, -0.1) is 0 Å². The van der Waals surface area contributed by atoms with E-state index >= 15 is 0 Å². The third-order valence-corrected chi connectivity index (χ3v) is 3.50. The number of nitrogens with one attached hydrogen (secondary N) is 2. The molecule has 1 amide bonds. The lowest BCUT2D eigenvalue weighted by atomic mass is 10.2. The molecule has 2 aromatic carbocycles. The number of nitrogens with zero attached hydrogens (tertiary/aromatic N) is 2. The molecule has 0 fully saturated rings. The number of carbonyl (C=O) groups excluding carboxylic acids is 1. The lowest BCUT2D eigenvalue weighted by Crippen LogP contribution is -2.23. The van der Waals surface area contributed by atoms with Gasteiger partial charge in [0, 0.05) is 5.56 Å². The second kappa shape index (κ2) is 6.58. The summed E-state index contributed by atoms with van der Waals surface area (Å²) in [6.07, 6.45) is 0. The third-order valence-electron chi connectivity index (χ3n) is 3.17. The van der Waals surface area contributed by atoms with E-state index in [1.165, 1.54) is 12.1 Å². The minimum absolute atomic E-state index is 0.179. The predicted molar refractivity (Wildman–Crippen MR) is 84.4 cm³/mol. The van der Waals surface area contributed by atoms with Crippen LogP contribution < -0.4 is 5.32 Å². The molecule has 1 heterocycles. The van der Waals surface area contributed by atoms with Crippen molar-refractivity contribution in [2.24, 2.45) is 0 Å². The van der Waals surface area contributed by atoms with E-state index in [2.05, 4.69) is 20.5 Å². The summed E-state index contributed by atoms with van der Waals surface area (Å²) in [5, 5.41) is 9.88. The van der Waals surface area contributed by atoms with Crippen LogP contribution in [0.4, 0.5) is 4.39 Å². The summed E-state index contributed by atoms with van der Waals surface area (Å²) in [5.74, 6) is 0.309. The predicted octanol–water partition coefficient (Wildman–Crippen LogP) is 3.19. The molecule has 0 radical (unpaired) electrons. The van der Waals surface area contributed by atoms with Crippen LogP contribution in [0.15, 0.2) is 48.5 Å². The normalized spacial score (nSPS) is 10.5. The van der Waals surface area contributed by atoms with Gasteiger partial charge >= 0.3 is 0 Å². The fourth-order valence-corrected chi connectivity index (χ4v) is 2.23. The number of rotatable bonds is 4. The fourth-order valence-electron chi connectivity index (χ4n) is 2.01. The van der Waals surface area contributed by atoms with Gasteiger partial charge in [-0.25, -0.2) is 9.37 Å². The van der Waals surface area contributed by atoms with Gasteiger partial charge in [0.2, 0.25) is 0 Å². The molecule has 3 aromatic rings. The Balaban J connectivity index is 1.67. The number of amides is 1. The van der Waals surface area contributed by atoms with Gasteiger partial charge in [-0.3, -0.25) is 9.89 Å². The molecule has 0 spiro atoms. The second-order valence-electron chi connectivity index (χ2n) is 4.78. The van der Waals surface area contributed by atoms with Crippen molar-refractivity contribution in [3.05, 3.63) is 70.8 Å². The number of hydrogen-bond acceptors (Lipinski definition) is 3. The van der Waals surface area contributed by atoms with Crippen molar-refractivity contribution in [2.45, 2.75) is 6.54 Å². The minimum Gasteiger partial charge on any atom is -0.345 e. The van der Waals surface area contributed by atoms with Gasteiger partial charge in [-0.1, -0.05) is 23.7 Å². The lowest BCUT2D eigenvalue weighted by Gasteiger charge is -2.04. The molecule has 23 heavy (non-hydrogen) atoms. The lowest BCUT2D eigenvalue weighted by molar-refractivity contribution is 0.0950. The third kappa shape index (κ3) is 3.54. The van der Waals surface area contributed by atoms with Crippen LogP contribution in [0.1, 0.15) is 16.2 Å². The van der Waals surface area contributed by atoms with Gasteiger partial charge < -0.3 is 5.32 Å². The summed E-state index contributed by atoms with van der Waals surface area (Å²) >= 11 is 5.97. The Kier molecular flexibility index (Phi) is 4.34. The van der Waals surface area contributed by atoms with Gasteiger partial charge in [0.25, 0.3) is 5.91 Å². The molecule has 5 nitrogen and oxygen atoms in total. The molecule has 0 saturated carbocycles. The van der Waals surface area contributed by atoms with Gasteiger partial charge in [-0.05, 0) is 36.4 Å². The van der Waals surface area contributed by atoms with E-state index in [0.717, 1.165) is 0 Å². The topological polar surface area (TPSA) is 70.7 Å². The van der Waals surface area contributed by atoms with Crippen molar-refractivity contribution < 1.29 is 9.18 Å². The van der Waals surface area contributed by atoms with E-state index in [9.17, 15) is 9.18 Å². The maximum absolute atomic E-state index is 12.9. The Hall–Kier alpha value is -2.73. The van der Waals surface area contributed by atoms with Crippen molar-refractivity contribution in [3.63, 3.8) is 0 Å². The quantitative estimate of drug-likeness (QED) is 0.771. The first-order valence-electron chi connectivity index (χ1n) is 6.83. The van der Waals surface area contributed by atoms with Crippen molar-refractivity contribution in [3.8, 4) is 11.4 Å². The second-order valence-corrected chi connectivity index (χ2v) is 5.18. The van der Waals surface area contributed by atoms with Crippen LogP contribution in [-0.2, 0) is 6.54 Å². The monoisotopic (exact) mass is 330 g/mol. The average Bonchev–Trinajstić information content (AvgIpc) is 3.03. The molecule has 0 aliphatic carbocycles. The summed E-state index contributed by atoms with van der Waals surface area (Å²) in [6.45, 7) is 0.179. The first kappa shape index (κ1) is 15.2. The fraction of sp³-hybridized carbons (Fsp3) is 0.0625. The van der Waals surface area contributed by atoms with E-state index in [0.29, 0.717) is 27.8 Å². The van der Waals surface area contributed by atoms with E-state index in [1.807, 2.05) is 0 Å². The first-order valence-corrected chi connectivity index (χ1v) is 7.21. The van der Waals surface area contributed by atoms with Crippen molar-refractivity contribution >= 4 is 17.5 Å². The molecule has 2 N–H and O–H groups in total. The summed E-state index contributed by atoms with van der Waals surface area (Å²) in [5.41, 5.74) is 1.08. The Bertz CT molecular complexity index is 832. The molecule has 0 aliphatic rings. The number of aromatic amines is 1. The highest BCUT2D eigenvalue weighted by atomic mass is 35.5. The number of carbonyl (C=O) groups is 1. The molecule has 0 bridgehead atoms. The summed E-state index contributed by atoms with van der Waals surface area (Å²) in [4.78, 5) is 16.3. The molecule has 1 aromatic heterocycles. The van der Waals surface area contributed by atoms with E-state index in [1.54, 1.807) is 36.4 Å². The maximum Gasteiger partial charge on any atom is 0.253 e. The summed E-state index contributed by atoms with van der Waals surface area (Å²) in [7, 11) is 0. The standard InChI is InChI=1S/C16H12ClFN4O/c17-13-4-2-1-3-12(13)16(23)19-9-14-20-15(22-21-14)10-5-7-11(18)8-6-10/h1-8H,9H2,(H,19,23)(H,20,21,22). The van der Waals surface area contributed by atoms with Gasteiger partial charge in [0.05, 0.1) is 17.1 Å². The molecule has 3 rings (SSSR count). The molecule has 116 valence electrons. The Labute approximate surface area is 136 Å². The molecular weight excluding hydrogens is 319 g/mol. The number of aromatic nitrogens is 3. The Morgan fingerprint density at radius 2 is 1.91 bits per heavy atom. The van der Waals surface area contributed by atoms with Crippen LogP contribution in [0.3, 0.4) is 0 Å². The van der Waals surface area contributed by atoms with Crippen LogP contribution in [0.2, 0.25) is 5.02 Å². The molecule has 0 unspecified atom stereocenters. The van der Waals surface area contributed by atoms with Gasteiger partial charge in [0.1, 0.15) is 11.6 Å². The minimum atomic E-state index is -0.323. The van der Waals surface area contributed by atoms with Crippen LogP contribution in [-0.4, -0.2) is 21.1 Å². The van der Waals surface area contributed by atoms with Crippen molar-refractivity contribution in [1.82, 2.24) is 20.5 Å². The van der Waals surface area contributed by atoms with Crippen molar-refractivity contribution in [2.75, 3.05) is 0 Å². The zero-order valence-electron chi connectivity index (χ0n) is 11.9. The van der Waals surface area contributed by atoms with Crippen LogP contribution in [0.25, 0.3) is 11.4 Å². The zero-order valence-corrected chi connectivity index (χ0v) is 12.6. The van der Waals surface area contributed by atoms with E-state index in [4.69, 9.17) is 11.6 Å². The van der Waals surface area contributed by atoms with Crippen LogP contribution >= 0.6 is 11.6 Å². The number of H-pyrrole nitrogens is 1. The number of benzene rings is 2. The Morgan fingerprint density at radius 1 is 1.17 bits per heavy atom. The van der Waals surface area contributed by atoms with Gasteiger partial charge in [-0.2, -0.15) is 5.10 Å². The summed E-state index contributed by atoms with van der Waals surface area (Å²) < 4.78 is 12.9. The molecule has 0 atom stereocenters. The molecule has 0 saturated heterocycles. The highest BCUT2D eigenvalue weighted by molar-refractivity contribution is 6.33. The number of halogens is 2. The highest BCUT2D eigenvalue weighted by Gasteiger charge is 2.11. The van der Waals surface area contributed by atoms with Crippen LogP contribution in [0, 0.1) is 5.82 Å². The zero-order chi connectivity index (χ0) is 16.2. The van der Waals surface area contributed by atoms with Crippen molar-refractivity contribution in [1.29, 1.82) is 0 Å². The number of hydrogen-bond donors (Lipinski definition) is 2. The van der Waals surface area contributed by atoms with Crippen LogP contribution in [0.5, 0.6) is 0 Å². The Morgan fingerprint density at radius 3 is 2.65 bits per heavy atom. The maximum atomic E-state index is 12.9. The molecule has 7 heteroatoms. The molecular formula is C16H12ClFN4O. The average molecular weight is 331 g/mol. The van der Waals surface area contributed by atoms with E-state index < -0.39 is 0 Å². The SMILES string of the molecule is O=C(NCc1nc(-c2ccc(F)cc2)n[nH]1)c1ccccc1Cl. The van der Waals surface area contributed by atoms with E-state index in [-0.39, 0.29) is 18.3 Å². The largest absolute Gasteiger partial charge is 0.345 e. The highest BCUT2D eigenvalue weighted by Crippen LogP contribution is 2.16. The molecule has 0 aliphatic heterocycles. The first-order chi connectivity index (χ1) is 11.1. The van der Waals surface area contributed by atoms with Gasteiger partial charge in [0.15, 0.2) is 5.82 Å².